The third-order valence-electron chi connectivity index (χ3n) is 4.96. The Balaban J connectivity index is 2.04. The van der Waals surface area contributed by atoms with Crippen LogP contribution < -0.4 is 0 Å². The molecular formula is C25H19NO4. The molecule has 3 aromatic carbocycles. The number of carbonyl (C=O) groups excluding carboxylic acids is 1. The number of carbonyl (C=O) groups is 1. The Hall–Kier alpha value is -3.99. The summed E-state index contributed by atoms with van der Waals surface area (Å²) in [6.07, 6.45) is 1.51. The Bertz CT molecular complexity index is 1190. The second-order valence-corrected chi connectivity index (χ2v) is 6.78. The van der Waals surface area contributed by atoms with E-state index in [1.54, 1.807) is 19.1 Å². The summed E-state index contributed by atoms with van der Waals surface area (Å²) in [7, 11) is 0. The van der Waals surface area contributed by atoms with Gasteiger partial charge in [-0.3, -0.25) is 10.1 Å². The van der Waals surface area contributed by atoms with Crippen molar-refractivity contribution in [2.75, 3.05) is 6.61 Å². The van der Waals surface area contributed by atoms with Gasteiger partial charge in [-0.1, -0.05) is 66.7 Å². The van der Waals surface area contributed by atoms with E-state index in [4.69, 9.17) is 4.74 Å². The van der Waals surface area contributed by atoms with Gasteiger partial charge in [-0.2, -0.15) is 0 Å². The first-order chi connectivity index (χ1) is 14.6. The van der Waals surface area contributed by atoms with Crippen LogP contribution in [0.4, 0.5) is 5.69 Å². The standard InChI is InChI=1S/C25H19NO4/c1-2-30-23(27)16-22-20-13-6-7-14-21(20)25(24(22)17-9-4-3-5-10-17)18-11-8-12-19(15-18)26(28)29/h3-16H,2H2,1H3/b22-16+. The largest absolute Gasteiger partial charge is 0.463 e. The number of benzene rings is 3. The highest BCUT2D eigenvalue weighted by Gasteiger charge is 2.29. The molecule has 30 heavy (non-hydrogen) atoms. The topological polar surface area (TPSA) is 69.4 Å². The number of ether oxygens (including phenoxy) is 1. The predicted octanol–water partition coefficient (Wildman–Crippen LogP) is 5.51. The van der Waals surface area contributed by atoms with Crippen LogP contribution in [0.25, 0.3) is 16.7 Å². The second-order valence-electron chi connectivity index (χ2n) is 6.78. The van der Waals surface area contributed by atoms with Crippen molar-refractivity contribution >= 4 is 28.4 Å². The minimum absolute atomic E-state index is 0.0210. The molecule has 0 fully saturated rings. The molecule has 1 aliphatic rings. The van der Waals surface area contributed by atoms with Crippen LogP contribution in [-0.4, -0.2) is 17.5 Å². The maximum atomic E-state index is 12.4. The number of allylic oxidation sites excluding steroid dienone is 2. The van der Waals surface area contributed by atoms with E-state index in [1.165, 1.54) is 12.1 Å². The van der Waals surface area contributed by atoms with Crippen molar-refractivity contribution in [3.8, 4) is 0 Å². The van der Waals surface area contributed by atoms with E-state index >= 15 is 0 Å². The van der Waals surface area contributed by atoms with Gasteiger partial charge >= 0.3 is 5.97 Å². The van der Waals surface area contributed by atoms with Crippen molar-refractivity contribution in [1.82, 2.24) is 0 Å². The molecule has 0 saturated heterocycles. The molecule has 0 aliphatic heterocycles. The van der Waals surface area contributed by atoms with Gasteiger partial charge in [0, 0.05) is 18.2 Å². The van der Waals surface area contributed by atoms with Crippen LogP contribution >= 0.6 is 0 Å². The first kappa shape index (κ1) is 19.3. The summed E-state index contributed by atoms with van der Waals surface area (Å²) in [4.78, 5) is 23.3. The molecule has 0 aromatic heterocycles. The lowest BCUT2D eigenvalue weighted by atomic mass is 9.93. The van der Waals surface area contributed by atoms with Gasteiger partial charge < -0.3 is 4.74 Å². The van der Waals surface area contributed by atoms with Gasteiger partial charge in [0.05, 0.1) is 11.5 Å². The lowest BCUT2D eigenvalue weighted by molar-refractivity contribution is -0.384. The van der Waals surface area contributed by atoms with Gasteiger partial charge in [-0.25, -0.2) is 4.79 Å². The van der Waals surface area contributed by atoms with Gasteiger partial charge in [-0.15, -0.1) is 0 Å². The molecule has 0 atom stereocenters. The minimum atomic E-state index is -0.420. The Morgan fingerprint density at radius 2 is 1.57 bits per heavy atom. The summed E-state index contributed by atoms with van der Waals surface area (Å²) >= 11 is 0. The fraction of sp³-hybridized carbons (Fsp3) is 0.0800. The zero-order valence-corrected chi connectivity index (χ0v) is 16.4. The smallest absolute Gasteiger partial charge is 0.331 e. The molecule has 0 saturated carbocycles. The number of fused-ring (bicyclic) bond motifs is 1. The van der Waals surface area contributed by atoms with Crippen molar-refractivity contribution < 1.29 is 14.5 Å². The number of nitro benzene ring substituents is 1. The van der Waals surface area contributed by atoms with Crippen molar-refractivity contribution in [3.05, 3.63) is 117 Å². The molecule has 0 spiro atoms. The maximum absolute atomic E-state index is 12.4. The van der Waals surface area contributed by atoms with Gasteiger partial charge in [0.25, 0.3) is 5.69 Å². The van der Waals surface area contributed by atoms with E-state index in [-0.39, 0.29) is 12.3 Å². The summed E-state index contributed by atoms with van der Waals surface area (Å²) in [6, 6.07) is 24.1. The maximum Gasteiger partial charge on any atom is 0.331 e. The molecule has 1 aliphatic carbocycles. The van der Waals surface area contributed by atoms with Crippen LogP contribution in [0.1, 0.15) is 29.2 Å². The van der Waals surface area contributed by atoms with Gasteiger partial charge in [-0.05, 0) is 45.9 Å². The van der Waals surface area contributed by atoms with E-state index in [9.17, 15) is 14.9 Å². The highest BCUT2D eigenvalue weighted by atomic mass is 16.6. The zero-order chi connectivity index (χ0) is 21.1. The molecule has 0 radical (unpaired) electrons. The third kappa shape index (κ3) is 3.53. The second kappa shape index (κ2) is 8.17. The fourth-order valence-corrected chi connectivity index (χ4v) is 3.77. The monoisotopic (exact) mass is 397 g/mol. The summed E-state index contributed by atoms with van der Waals surface area (Å²) in [5, 5.41) is 11.4. The highest BCUT2D eigenvalue weighted by Crippen LogP contribution is 2.49. The number of esters is 1. The third-order valence-corrected chi connectivity index (χ3v) is 4.96. The molecule has 0 amide bonds. The normalized spacial score (nSPS) is 14.0. The fourth-order valence-electron chi connectivity index (χ4n) is 3.77. The van der Waals surface area contributed by atoms with E-state index in [0.717, 1.165) is 39.0 Å². The number of rotatable bonds is 5. The molecule has 0 heterocycles. The summed E-state index contributed by atoms with van der Waals surface area (Å²) in [6.45, 7) is 2.05. The van der Waals surface area contributed by atoms with Crippen LogP contribution in [-0.2, 0) is 9.53 Å². The van der Waals surface area contributed by atoms with Gasteiger partial charge in [0.1, 0.15) is 0 Å². The summed E-state index contributed by atoms with van der Waals surface area (Å²) in [5.74, 6) is -0.420. The Kier molecular flexibility index (Phi) is 5.26. The number of nitrogens with zero attached hydrogens (tertiary/aromatic N) is 1. The van der Waals surface area contributed by atoms with Gasteiger partial charge in [0.15, 0.2) is 0 Å². The van der Waals surface area contributed by atoms with E-state index in [1.807, 2.05) is 60.7 Å². The quantitative estimate of drug-likeness (QED) is 0.246. The average Bonchev–Trinajstić information content (AvgIpc) is 3.09. The molecule has 5 nitrogen and oxygen atoms in total. The Morgan fingerprint density at radius 3 is 2.27 bits per heavy atom. The van der Waals surface area contributed by atoms with Crippen LogP contribution in [0.5, 0.6) is 0 Å². The van der Waals surface area contributed by atoms with Crippen molar-refractivity contribution in [1.29, 1.82) is 0 Å². The molecule has 0 unspecified atom stereocenters. The molecule has 3 aromatic rings. The Morgan fingerprint density at radius 1 is 0.900 bits per heavy atom. The number of hydrogen-bond acceptors (Lipinski definition) is 4. The Labute approximate surface area is 174 Å². The summed E-state index contributed by atoms with van der Waals surface area (Å²) in [5.41, 5.74) is 5.94. The van der Waals surface area contributed by atoms with E-state index in [0.29, 0.717) is 0 Å². The minimum Gasteiger partial charge on any atom is -0.463 e. The lowest BCUT2D eigenvalue weighted by Gasteiger charge is -2.11. The molecule has 0 N–H and O–H groups in total. The van der Waals surface area contributed by atoms with Crippen LogP contribution in [0.15, 0.2) is 84.9 Å². The number of hydrogen-bond donors (Lipinski definition) is 0. The summed E-state index contributed by atoms with van der Waals surface area (Å²) < 4.78 is 5.17. The first-order valence-electron chi connectivity index (χ1n) is 9.63. The van der Waals surface area contributed by atoms with Crippen LogP contribution in [0, 0.1) is 10.1 Å². The van der Waals surface area contributed by atoms with Crippen LogP contribution in [0.2, 0.25) is 0 Å². The predicted molar refractivity (Wildman–Crippen MR) is 117 cm³/mol. The van der Waals surface area contributed by atoms with Crippen molar-refractivity contribution in [3.63, 3.8) is 0 Å². The molecule has 0 bridgehead atoms. The average molecular weight is 397 g/mol. The zero-order valence-electron chi connectivity index (χ0n) is 16.4. The molecular weight excluding hydrogens is 378 g/mol. The number of non-ortho nitro benzene ring substituents is 1. The number of nitro groups is 1. The van der Waals surface area contributed by atoms with Crippen LogP contribution in [0.3, 0.4) is 0 Å². The van der Waals surface area contributed by atoms with Crippen molar-refractivity contribution in [2.45, 2.75) is 6.92 Å². The molecule has 148 valence electrons. The molecule has 4 rings (SSSR count). The molecule has 5 heteroatoms. The van der Waals surface area contributed by atoms with Gasteiger partial charge in [0.2, 0.25) is 0 Å². The highest BCUT2D eigenvalue weighted by molar-refractivity contribution is 6.26. The van der Waals surface area contributed by atoms with E-state index < -0.39 is 10.9 Å². The SMILES string of the molecule is CCOC(=O)/C=C1/C(c2ccccc2)=C(c2cccc([N+](=O)[O-])c2)c2ccccc21. The lowest BCUT2D eigenvalue weighted by Crippen LogP contribution is -2.01. The van der Waals surface area contributed by atoms with Crippen molar-refractivity contribution in [2.24, 2.45) is 0 Å². The first-order valence-corrected chi connectivity index (χ1v) is 9.63. The van der Waals surface area contributed by atoms with E-state index in [2.05, 4.69) is 0 Å².